The van der Waals surface area contributed by atoms with Crippen molar-refractivity contribution < 1.29 is 13.6 Å². The van der Waals surface area contributed by atoms with Crippen molar-refractivity contribution in [3.05, 3.63) is 71.8 Å². The first-order valence-electron chi connectivity index (χ1n) is 9.55. The van der Waals surface area contributed by atoms with Gasteiger partial charge in [0.05, 0.1) is 13.2 Å². The Morgan fingerprint density at radius 1 is 0.704 bits per heavy atom. The molecule has 0 saturated heterocycles. The molecule has 1 unspecified atom stereocenters. The van der Waals surface area contributed by atoms with Crippen molar-refractivity contribution in [2.75, 3.05) is 0 Å². The van der Waals surface area contributed by atoms with Crippen LogP contribution in [0.5, 0.6) is 0 Å². The Balaban J connectivity index is 2.00. The summed E-state index contributed by atoms with van der Waals surface area (Å²) in [4.78, 5) is 2.31. The monoisotopic (exact) mass is 389 g/mol. The molecule has 27 heavy (non-hydrogen) atoms. The Labute approximate surface area is 165 Å². The van der Waals surface area contributed by atoms with Gasteiger partial charge in [0.15, 0.2) is 0 Å². The molecule has 2 aromatic carbocycles. The second-order valence-corrected chi connectivity index (χ2v) is 8.26. The Morgan fingerprint density at radius 3 is 1.48 bits per heavy atom. The predicted molar refractivity (Wildman–Crippen MR) is 112 cm³/mol. The van der Waals surface area contributed by atoms with Gasteiger partial charge in [0.25, 0.3) is 0 Å². The van der Waals surface area contributed by atoms with Crippen molar-refractivity contribution in [2.24, 2.45) is 0 Å². The Morgan fingerprint density at radius 2 is 1.11 bits per heavy atom. The lowest BCUT2D eigenvalue weighted by Crippen LogP contribution is -2.44. The molecule has 0 heterocycles. The van der Waals surface area contributed by atoms with Crippen LogP contribution in [0, 0.1) is 0 Å². The van der Waals surface area contributed by atoms with Crippen molar-refractivity contribution in [1.82, 2.24) is 4.90 Å². The van der Waals surface area contributed by atoms with Crippen LogP contribution in [0.15, 0.2) is 60.7 Å². The van der Waals surface area contributed by atoms with Gasteiger partial charge in [-0.2, -0.15) is 0 Å². The summed E-state index contributed by atoms with van der Waals surface area (Å²) in [6, 6.07) is 21.0. The second-order valence-electron chi connectivity index (χ2n) is 7.08. The zero-order chi connectivity index (χ0) is 19.6. The van der Waals surface area contributed by atoms with Gasteiger partial charge >= 0.3 is 8.60 Å². The molecule has 2 rings (SSSR count). The SMILES string of the molecule is CC(C)N(C(C)C)C(C)OP(OCc1ccccc1)OCc1ccccc1. The predicted octanol–water partition coefficient (Wildman–Crippen LogP) is 6.13. The van der Waals surface area contributed by atoms with E-state index in [1.54, 1.807) is 0 Å². The van der Waals surface area contributed by atoms with Gasteiger partial charge in [-0.15, -0.1) is 0 Å². The minimum atomic E-state index is -1.47. The number of nitrogens with zero attached hydrogens (tertiary/aromatic N) is 1. The van der Waals surface area contributed by atoms with Crippen molar-refractivity contribution in [3.8, 4) is 0 Å². The van der Waals surface area contributed by atoms with E-state index in [0.717, 1.165) is 11.1 Å². The first-order valence-corrected chi connectivity index (χ1v) is 10.6. The topological polar surface area (TPSA) is 30.9 Å². The standard InChI is InChI=1S/C22H32NO3P/c1-18(2)23(19(3)4)20(5)26-27(24-16-21-12-8-6-9-13-21)25-17-22-14-10-7-11-15-22/h6-15,18-20H,16-17H2,1-5H3. The Kier molecular flexibility index (Phi) is 9.40. The molecule has 0 amide bonds. The van der Waals surface area contributed by atoms with Crippen LogP contribution in [0.25, 0.3) is 0 Å². The fourth-order valence-electron chi connectivity index (χ4n) is 3.12. The molecule has 0 fully saturated rings. The maximum Gasteiger partial charge on any atom is 0.334 e. The fourth-order valence-corrected chi connectivity index (χ4v) is 4.18. The molecule has 0 bridgehead atoms. The van der Waals surface area contributed by atoms with Crippen LogP contribution in [-0.4, -0.2) is 23.2 Å². The number of benzene rings is 2. The van der Waals surface area contributed by atoms with E-state index >= 15 is 0 Å². The van der Waals surface area contributed by atoms with Gasteiger partial charge in [-0.3, -0.25) is 9.42 Å². The molecule has 0 N–H and O–H groups in total. The Hall–Kier alpha value is -1.29. The van der Waals surface area contributed by atoms with Crippen molar-refractivity contribution in [3.63, 3.8) is 0 Å². The first-order chi connectivity index (χ1) is 13.0. The highest BCUT2D eigenvalue weighted by Gasteiger charge is 2.26. The molecule has 0 saturated carbocycles. The van der Waals surface area contributed by atoms with Gasteiger partial charge < -0.3 is 9.05 Å². The summed E-state index contributed by atoms with van der Waals surface area (Å²) in [7, 11) is -1.47. The molecule has 0 radical (unpaired) electrons. The van der Waals surface area contributed by atoms with Crippen LogP contribution in [0.1, 0.15) is 45.7 Å². The van der Waals surface area contributed by atoms with E-state index in [4.69, 9.17) is 13.6 Å². The molecule has 5 heteroatoms. The molecule has 0 aromatic heterocycles. The van der Waals surface area contributed by atoms with E-state index in [9.17, 15) is 0 Å². The quantitative estimate of drug-likeness (QED) is 0.342. The molecule has 0 aliphatic rings. The lowest BCUT2D eigenvalue weighted by atomic mass is 10.2. The summed E-state index contributed by atoms with van der Waals surface area (Å²) in [5.41, 5.74) is 2.21. The third-order valence-electron chi connectivity index (χ3n) is 4.21. The summed E-state index contributed by atoms with van der Waals surface area (Å²) in [5.74, 6) is 0. The van der Waals surface area contributed by atoms with Gasteiger partial charge in [0, 0.05) is 12.1 Å². The van der Waals surface area contributed by atoms with Crippen molar-refractivity contribution in [1.29, 1.82) is 0 Å². The molecular formula is C22H32NO3P. The molecule has 2 aromatic rings. The lowest BCUT2D eigenvalue weighted by molar-refractivity contribution is -0.0223. The summed E-state index contributed by atoms with van der Waals surface area (Å²) in [6.45, 7) is 11.7. The van der Waals surface area contributed by atoms with Crippen LogP contribution < -0.4 is 0 Å². The molecule has 0 aliphatic heterocycles. The summed E-state index contributed by atoms with van der Waals surface area (Å²) in [6.07, 6.45) is -0.0948. The average molecular weight is 389 g/mol. The van der Waals surface area contributed by atoms with Gasteiger partial charge in [-0.05, 0) is 45.7 Å². The highest BCUT2D eigenvalue weighted by atomic mass is 31.2. The van der Waals surface area contributed by atoms with Crippen molar-refractivity contribution >= 4 is 8.60 Å². The number of hydrogen-bond acceptors (Lipinski definition) is 4. The first kappa shape index (κ1) is 22.0. The molecule has 0 aliphatic carbocycles. The van der Waals surface area contributed by atoms with E-state index < -0.39 is 8.60 Å². The normalized spacial score (nSPS) is 13.1. The van der Waals surface area contributed by atoms with E-state index in [2.05, 4.69) is 39.5 Å². The average Bonchev–Trinajstić information content (AvgIpc) is 2.65. The molecule has 4 nitrogen and oxygen atoms in total. The number of hydrogen-bond donors (Lipinski definition) is 0. The van der Waals surface area contributed by atoms with Gasteiger partial charge in [0.2, 0.25) is 0 Å². The van der Waals surface area contributed by atoms with Crippen LogP contribution in [0.2, 0.25) is 0 Å². The summed E-state index contributed by atoms with van der Waals surface area (Å²) >= 11 is 0. The highest BCUT2D eigenvalue weighted by Crippen LogP contribution is 2.43. The molecule has 0 spiro atoms. The molecular weight excluding hydrogens is 357 g/mol. The number of rotatable bonds is 11. The zero-order valence-corrected chi connectivity index (χ0v) is 17.9. The van der Waals surface area contributed by atoms with E-state index in [0.29, 0.717) is 25.3 Å². The smallest absolute Gasteiger partial charge is 0.307 e. The minimum absolute atomic E-state index is 0.0948. The van der Waals surface area contributed by atoms with Crippen LogP contribution in [-0.2, 0) is 26.8 Å². The van der Waals surface area contributed by atoms with Gasteiger partial charge in [-0.1, -0.05) is 60.7 Å². The summed E-state index contributed by atoms with van der Waals surface area (Å²) < 4.78 is 18.3. The summed E-state index contributed by atoms with van der Waals surface area (Å²) in [5, 5.41) is 0. The third kappa shape index (κ3) is 7.69. The van der Waals surface area contributed by atoms with Gasteiger partial charge in [-0.25, -0.2) is 0 Å². The third-order valence-corrected chi connectivity index (χ3v) is 5.37. The van der Waals surface area contributed by atoms with E-state index in [1.165, 1.54) is 0 Å². The largest absolute Gasteiger partial charge is 0.334 e. The molecule has 1 atom stereocenters. The van der Waals surface area contributed by atoms with E-state index in [1.807, 2.05) is 60.7 Å². The van der Waals surface area contributed by atoms with Gasteiger partial charge in [0.1, 0.15) is 6.23 Å². The maximum atomic E-state index is 6.22. The zero-order valence-electron chi connectivity index (χ0n) is 17.0. The van der Waals surface area contributed by atoms with E-state index in [-0.39, 0.29) is 6.23 Å². The maximum absolute atomic E-state index is 6.22. The highest BCUT2D eigenvalue weighted by molar-refractivity contribution is 7.41. The second kappa shape index (κ2) is 11.5. The van der Waals surface area contributed by atoms with Crippen molar-refractivity contribution in [2.45, 2.75) is 66.1 Å². The Bertz CT molecular complexity index is 585. The van der Waals surface area contributed by atoms with Crippen LogP contribution in [0.3, 0.4) is 0 Å². The van der Waals surface area contributed by atoms with Crippen LogP contribution in [0.4, 0.5) is 0 Å². The minimum Gasteiger partial charge on any atom is -0.307 e. The fraction of sp³-hybridized carbons (Fsp3) is 0.455. The lowest BCUT2D eigenvalue weighted by Gasteiger charge is -2.36. The molecule has 148 valence electrons. The van der Waals surface area contributed by atoms with Crippen LogP contribution >= 0.6 is 8.60 Å².